The lowest BCUT2D eigenvalue weighted by atomic mass is 9.96. The summed E-state index contributed by atoms with van der Waals surface area (Å²) >= 11 is 6.02. The van der Waals surface area contributed by atoms with Gasteiger partial charge in [-0.15, -0.1) is 0 Å². The maximum Gasteiger partial charge on any atom is 0.222 e. The molecule has 1 saturated heterocycles. The SMILES string of the molecule is Nc1ccccc1CCC(=O)N1CCC(c2nc3cc(Cl)ccc3o2)CC1. The number of piperidine rings is 1. The minimum Gasteiger partial charge on any atom is -0.440 e. The van der Waals surface area contributed by atoms with Gasteiger partial charge in [0, 0.05) is 36.1 Å². The molecule has 0 atom stereocenters. The first-order chi connectivity index (χ1) is 13.1. The second kappa shape index (κ2) is 7.61. The van der Waals surface area contributed by atoms with Crippen molar-refractivity contribution in [3.05, 3.63) is 58.9 Å². The van der Waals surface area contributed by atoms with Crippen LogP contribution in [0.25, 0.3) is 11.1 Å². The number of nitrogens with zero attached hydrogens (tertiary/aromatic N) is 2. The van der Waals surface area contributed by atoms with Gasteiger partial charge in [-0.25, -0.2) is 4.98 Å². The van der Waals surface area contributed by atoms with E-state index in [1.54, 1.807) is 6.07 Å². The van der Waals surface area contributed by atoms with Crippen molar-refractivity contribution in [1.29, 1.82) is 0 Å². The fourth-order valence-electron chi connectivity index (χ4n) is 3.63. The Morgan fingerprint density at radius 2 is 2.00 bits per heavy atom. The minimum atomic E-state index is 0.182. The van der Waals surface area contributed by atoms with Gasteiger partial charge >= 0.3 is 0 Å². The molecule has 1 amide bonds. The normalized spacial score (nSPS) is 15.4. The number of likely N-dealkylation sites (tertiary alicyclic amines) is 1. The maximum absolute atomic E-state index is 12.5. The quantitative estimate of drug-likeness (QED) is 0.677. The zero-order chi connectivity index (χ0) is 18.8. The van der Waals surface area contributed by atoms with Crippen molar-refractivity contribution in [3.63, 3.8) is 0 Å². The van der Waals surface area contributed by atoms with Crippen molar-refractivity contribution >= 4 is 34.3 Å². The Balaban J connectivity index is 1.34. The van der Waals surface area contributed by atoms with Crippen LogP contribution in [0.3, 0.4) is 0 Å². The van der Waals surface area contributed by atoms with E-state index < -0.39 is 0 Å². The molecule has 1 aliphatic heterocycles. The van der Waals surface area contributed by atoms with E-state index in [1.807, 2.05) is 41.3 Å². The number of aryl methyl sites for hydroxylation is 1. The third-order valence-corrected chi connectivity index (χ3v) is 5.46. The van der Waals surface area contributed by atoms with Crippen molar-refractivity contribution in [2.45, 2.75) is 31.6 Å². The molecular weight excluding hydrogens is 362 g/mol. The van der Waals surface area contributed by atoms with Gasteiger partial charge in [-0.3, -0.25) is 4.79 Å². The molecular formula is C21H22ClN3O2. The molecule has 6 heteroatoms. The highest BCUT2D eigenvalue weighted by atomic mass is 35.5. The van der Waals surface area contributed by atoms with E-state index in [4.69, 9.17) is 21.8 Å². The molecule has 2 aromatic carbocycles. The Bertz CT molecular complexity index is 961. The molecule has 0 aliphatic carbocycles. The summed E-state index contributed by atoms with van der Waals surface area (Å²) in [6, 6.07) is 13.2. The third-order valence-electron chi connectivity index (χ3n) is 5.23. The molecule has 0 spiro atoms. The first kappa shape index (κ1) is 17.9. The van der Waals surface area contributed by atoms with E-state index in [0.29, 0.717) is 17.9 Å². The largest absolute Gasteiger partial charge is 0.440 e. The summed E-state index contributed by atoms with van der Waals surface area (Å²) in [5, 5.41) is 0.654. The lowest BCUT2D eigenvalue weighted by Gasteiger charge is -2.30. The van der Waals surface area contributed by atoms with Gasteiger partial charge in [0.2, 0.25) is 5.91 Å². The number of hydrogen-bond donors (Lipinski definition) is 1. The Morgan fingerprint density at radius 1 is 1.22 bits per heavy atom. The van der Waals surface area contributed by atoms with Crippen LogP contribution < -0.4 is 5.73 Å². The van der Waals surface area contributed by atoms with Crippen molar-refractivity contribution in [1.82, 2.24) is 9.88 Å². The number of carbonyl (C=O) groups is 1. The molecule has 4 rings (SSSR count). The number of oxazole rings is 1. The first-order valence-corrected chi connectivity index (χ1v) is 9.65. The summed E-state index contributed by atoms with van der Waals surface area (Å²) in [6.45, 7) is 1.46. The van der Waals surface area contributed by atoms with E-state index >= 15 is 0 Å². The molecule has 1 fully saturated rings. The number of fused-ring (bicyclic) bond motifs is 1. The fourth-order valence-corrected chi connectivity index (χ4v) is 3.80. The van der Waals surface area contributed by atoms with Crippen molar-refractivity contribution < 1.29 is 9.21 Å². The summed E-state index contributed by atoms with van der Waals surface area (Å²) in [5.41, 5.74) is 9.29. The van der Waals surface area contributed by atoms with Crippen LogP contribution >= 0.6 is 11.6 Å². The van der Waals surface area contributed by atoms with Crippen molar-refractivity contribution in [3.8, 4) is 0 Å². The molecule has 0 unspecified atom stereocenters. The fraction of sp³-hybridized carbons (Fsp3) is 0.333. The lowest BCUT2D eigenvalue weighted by Crippen LogP contribution is -2.38. The average molecular weight is 384 g/mol. The van der Waals surface area contributed by atoms with Crippen LogP contribution in [-0.2, 0) is 11.2 Å². The number of nitrogens with two attached hydrogens (primary N) is 1. The van der Waals surface area contributed by atoms with Crippen LogP contribution in [0.5, 0.6) is 0 Å². The number of hydrogen-bond acceptors (Lipinski definition) is 4. The van der Waals surface area contributed by atoms with Gasteiger partial charge in [-0.05, 0) is 49.1 Å². The van der Waals surface area contributed by atoms with Crippen LogP contribution in [0.4, 0.5) is 5.69 Å². The van der Waals surface area contributed by atoms with E-state index in [9.17, 15) is 4.79 Å². The van der Waals surface area contributed by atoms with E-state index in [2.05, 4.69) is 4.98 Å². The molecule has 1 aliphatic rings. The zero-order valence-corrected chi connectivity index (χ0v) is 15.8. The van der Waals surface area contributed by atoms with Crippen LogP contribution in [0.15, 0.2) is 46.9 Å². The van der Waals surface area contributed by atoms with Crippen molar-refractivity contribution in [2.24, 2.45) is 0 Å². The van der Waals surface area contributed by atoms with Gasteiger partial charge in [0.05, 0.1) is 0 Å². The standard InChI is InChI=1S/C21H22ClN3O2/c22-16-6-7-19-18(13-16)24-21(27-19)15-9-11-25(12-10-15)20(26)8-5-14-3-1-2-4-17(14)23/h1-4,6-7,13,15H,5,8-12,23H2. The molecule has 0 radical (unpaired) electrons. The van der Waals surface area contributed by atoms with Crippen molar-refractivity contribution in [2.75, 3.05) is 18.8 Å². The number of aromatic nitrogens is 1. The molecule has 2 heterocycles. The van der Waals surface area contributed by atoms with Gasteiger partial charge < -0.3 is 15.1 Å². The summed E-state index contributed by atoms with van der Waals surface area (Å²) in [7, 11) is 0. The molecule has 0 saturated carbocycles. The predicted molar refractivity (Wildman–Crippen MR) is 107 cm³/mol. The third kappa shape index (κ3) is 3.93. The number of halogens is 1. The molecule has 2 N–H and O–H groups in total. The second-order valence-corrected chi connectivity index (χ2v) is 7.45. The van der Waals surface area contributed by atoms with Gasteiger partial charge in [-0.2, -0.15) is 0 Å². The summed E-state index contributed by atoms with van der Waals surface area (Å²) < 4.78 is 5.89. The predicted octanol–water partition coefficient (Wildman–Crippen LogP) is 4.40. The maximum atomic E-state index is 12.5. The number of benzene rings is 2. The number of rotatable bonds is 4. The monoisotopic (exact) mass is 383 g/mol. The van der Waals surface area contributed by atoms with E-state index in [0.717, 1.165) is 54.2 Å². The van der Waals surface area contributed by atoms with Crippen LogP contribution in [0.1, 0.15) is 36.6 Å². The molecule has 3 aromatic rings. The minimum absolute atomic E-state index is 0.182. The number of carbonyl (C=O) groups excluding carboxylic acids is 1. The number of anilines is 1. The Hall–Kier alpha value is -2.53. The zero-order valence-electron chi connectivity index (χ0n) is 15.0. The highest BCUT2D eigenvalue weighted by Gasteiger charge is 2.27. The summed E-state index contributed by atoms with van der Waals surface area (Å²) in [4.78, 5) is 19.1. The van der Waals surface area contributed by atoms with E-state index in [1.165, 1.54) is 0 Å². The average Bonchev–Trinajstić information content (AvgIpc) is 3.10. The first-order valence-electron chi connectivity index (χ1n) is 9.27. The summed E-state index contributed by atoms with van der Waals surface area (Å²) in [5.74, 6) is 1.17. The van der Waals surface area contributed by atoms with Crippen LogP contribution in [-0.4, -0.2) is 28.9 Å². The molecule has 1 aromatic heterocycles. The number of amides is 1. The van der Waals surface area contributed by atoms with E-state index in [-0.39, 0.29) is 11.8 Å². The topological polar surface area (TPSA) is 72.4 Å². The Kier molecular flexibility index (Phi) is 5.03. The van der Waals surface area contributed by atoms with Crippen LogP contribution in [0, 0.1) is 0 Å². The molecule has 140 valence electrons. The number of nitrogen functional groups attached to an aromatic ring is 1. The molecule has 0 bridgehead atoms. The smallest absolute Gasteiger partial charge is 0.222 e. The summed E-state index contributed by atoms with van der Waals surface area (Å²) in [6.07, 6.45) is 2.89. The Morgan fingerprint density at radius 3 is 2.78 bits per heavy atom. The molecule has 27 heavy (non-hydrogen) atoms. The van der Waals surface area contributed by atoms with Gasteiger partial charge in [-0.1, -0.05) is 29.8 Å². The van der Waals surface area contributed by atoms with Gasteiger partial charge in [0.15, 0.2) is 11.5 Å². The van der Waals surface area contributed by atoms with Gasteiger partial charge in [0.25, 0.3) is 0 Å². The van der Waals surface area contributed by atoms with Crippen LogP contribution in [0.2, 0.25) is 5.02 Å². The Labute approximate surface area is 163 Å². The lowest BCUT2D eigenvalue weighted by molar-refractivity contribution is -0.132. The van der Waals surface area contributed by atoms with Gasteiger partial charge in [0.1, 0.15) is 5.52 Å². The second-order valence-electron chi connectivity index (χ2n) is 7.02. The highest BCUT2D eigenvalue weighted by Crippen LogP contribution is 2.31. The molecule has 5 nitrogen and oxygen atoms in total. The number of para-hydroxylation sites is 1. The highest BCUT2D eigenvalue weighted by molar-refractivity contribution is 6.31.